The summed E-state index contributed by atoms with van der Waals surface area (Å²) in [7, 11) is 0. The van der Waals surface area contributed by atoms with Gasteiger partial charge in [0.15, 0.2) is 11.5 Å². The number of hydrogen-bond donors (Lipinski definition) is 2. The number of nitrogens with zero attached hydrogens (tertiary/aromatic N) is 1. The molecule has 0 aliphatic carbocycles. The third-order valence-corrected chi connectivity index (χ3v) is 4.88. The lowest BCUT2D eigenvalue weighted by Crippen LogP contribution is -2.45. The summed E-state index contributed by atoms with van der Waals surface area (Å²) >= 11 is 1.73. The Bertz CT molecular complexity index is 595. The maximum absolute atomic E-state index is 10.7. The summed E-state index contributed by atoms with van der Waals surface area (Å²) in [6.07, 6.45) is 0. The minimum atomic E-state index is 0.0857. The summed E-state index contributed by atoms with van der Waals surface area (Å²) in [6.45, 7) is 6.39. The molecule has 1 fully saturated rings. The summed E-state index contributed by atoms with van der Waals surface area (Å²) in [5, 5.41) is 16.1. The van der Waals surface area contributed by atoms with Crippen LogP contribution in [0.4, 0.5) is 0 Å². The molecule has 1 atom stereocenters. The number of hydrogen-bond acceptors (Lipinski definition) is 5. The Kier molecular flexibility index (Phi) is 4.97. The highest BCUT2D eigenvalue weighted by atomic mass is 32.1. The van der Waals surface area contributed by atoms with E-state index >= 15 is 0 Å². The first kappa shape index (κ1) is 15.3. The third kappa shape index (κ3) is 3.11. The number of para-hydroxylation sites is 1. The van der Waals surface area contributed by atoms with E-state index in [1.165, 1.54) is 4.88 Å². The van der Waals surface area contributed by atoms with Crippen molar-refractivity contribution in [1.82, 2.24) is 10.2 Å². The van der Waals surface area contributed by atoms with Crippen molar-refractivity contribution in [3.8, 4) is 11.5 Å². The predicted octanol–water partition coefficient (Wildman–Crippen LogP) is 2.85. The molecule has 0 saturated carbocycles. The molecule has 1 aromatic carbocycles. The van der Waals surface area contributed by atoms with E-state index in [2.05, 4.69) is 27.7 Å². The smallest absolute Gasteiger partial charge is 0.162 e. The molecule has 22 heavy (non-hydrogen) atoms. The van der Waals surface area contributed by atoms with Crippen molar-refractivity contribution in [3.63, 3.8) is 0 Å². The quantitative estimate of drug-likeness (QED) is 0.890. The molecule has 0 bridgehead atoms. The highest BCUT2D eigenvalue weighted by Gasteiger charge is 2.27. The van der Waals surface area contributed by atoms with Gasteiger partial charge in [-0.2, -0.15) is 0 Å². The monoisotopic (exact) mass is 318 g/mol. The Hall–Kier alpha value is -1.56. The van der Waals surface area contributed by atoms with E-state index in [0.29, 0.717) is 12.4 Å². The summed E-state index contributed by atoms with van der Waals surface area (Å²) in [4.78, 5) is 3.68. The van der Waals surface area contributed by atoms with Crippen molar-refractivity contribution in [1.29, 1.82) is 0 Å². The van der Waals surface area contributed by atoms with Crippen LogP contribution in [0.1, 0.15) is 23.4 Å². The third-order valence-electron chi connectivity index (χ3n) is 3.95. The van der Waals surface area contributed by atoms with Gasteiger partial charge in [-0.3, -0.25) is 4.90 Å². The average molecular weight is 318 g/mol. The number of rotatable bonds is 5. The summed E-state index contributed by atoms with van der Waals surface area (Å²) < 4.78 is 5.55. The topological polar surface area (TPSA) is 44.7 Å². The van der Waals surface area contributed by atoms with Crippen molar-refractivity contribution in [2.45, 2.75) is 13.0 Å². The standard InChI is InChI=1S/C17H22N2O2S/c1-2-21-14-6-3-5-13(17(14)20)16(15-7-4-12-22-15)19-10-8-18-9-11-19/h3-7,12,16,18,20H,2,8-11H2,1H3/t16-/m1/s1. The SMILES string of the molecule is CCOc1cccc([C@H](c2cccs2)N2CCNCC2)c1O. The van der Waals surface area contributed by atoms with E-state index in [9.17, 15) is 5.11 Å². The molecule has 1 aliphatic heterocycles. The van der Waals surface area contributed by atoms with Gasteiger partial charge in [-0.1, -0.05) is 18.2 Å². The van der Waals surface area contributed by atoms with Crippen LogP contribution in [0, 0.1) is 0 Å². The molecule has 2 aromatic rings. The van der Waals surface area contributed by atoms with Crippen LogP contribution in [-0.4, -0.2) is 42.8 Å². The Balaban J connectivity index is 2.00. The van der Waals surface area contributed by atoms with Gasteiger partial charge >= 0.3 is 0 Å². The van der Waals surface area contributed by atoms with Crippen LogP contribution in [0.5, 0.6) is 11.5 Å². The fourth-order valence-electron chi connectivity index (χ4n) is 2.95. The minimum absolute atomic E-state index is 0.0857. The number of aromatic hydroxyl groups is 1. The molecule has 1 aliphatic rings. The van der Waals surface area contributed by atoms with Crippen molar-refractivity contribution in [2.75, 3.05) is 32.8 Å². The van der Waals surface area contributed by atoms with Gasteiger partial charge in [0, 0.05) is 36.6 Å². The summed E-state index contributed by atoms with van der Waals surface area (Å²) in [6, 6.07) is 10.1. The zero-order chi connectivity index (χ0) is 15.4. The van der Waals surface area contributed by atoms with Crippen molar-refractivity contribution in [3.05, 3.63) is 46.2 Å². The van der Waals surface area contributed by atoms with Crippen molar-refractivity contribution >= 4 is 11.3 Å². The second-order valence-electron chi connectivity index (χ2n) is 5.33. The Labute approximate surface area is 135 Å². The number of nitrogens with one attached hydrogen (secondary N) is 1. The Morgan fingerprint density at radius 1 is 1.27 bits per heavy atom. The summed E-state index contributed by atoms with van der Waals surface area (Å²) in [5.74, 6) is 0.831. The van der Waals surface area contributed by atoms with Gasteiger partial charge in [0.1, 0.15) is 0 Å². The zero-order valence-corrected chi connectivity index (χ0v) is 13.6. The van der Waals surface area contributed by atoms with E-state index in [4.69, 9.17) is 4.74 Å². The van der Waals surface area contributed by atoms with Crippen LogP contribution in [0.2, 0.25) is 0 Å². The molecule has 0 unspecified atom stereocenters. The number of ether oxygens (including phenoxy) is 1. The second-order valence-corrected chi connectivity index (χ2v) is 6.31. The lowest BCUT2D eigenvalue weighted by molar-refractivity contribution is 0.197. The number of phenolic OH excluding ortho intramolecular Hbond substituents is 1. The van der Waals surface area contributed by atoms with Crippen molar-refractivity contribution < 1.29 is 9.84 Å². The number of thiophene rings is 1. The molecule has 0 amide bonds. The molecule has 5 heteroatoms. The van der Waals surface area contributed by atoms with Gasteiger partial charge in [-0.15, -0.1) is 11.3 Å². The molecule has 118 valence electrons. The highest BCUT2D eigenvalue weighted by molar-refractivity contribution is 7.10. The second kappa shape index (κ2) is 7.13. The van der Waals surface area contributed by atoms with Crippen LogP contribution in [0.25, 0.3) is 0 Å². The van der Waals surface area contributed by atoms with E-state index < -0.39 is 0 Å². The fourth-order valence-corrected chi connectivity index (χ4v) is 3.83. The minimum Gasteiger partial charge on any atom is -0.504 e. The molecule has 0 spiro atoms. The van der Waals surface area contributed by atoms with E-state index in [-0.39, 0.29) is 11.8 Å². The highest BCUT2D eigenvalue weighted by Crippen LogP contribution is 2.40. The normalized spacial score (nSPS) is 17.3. The first-order valence-electron chi connectivity index (χ1n) is 7.74. The van der Waals surface area contributed by atoms with E-state index in [1.54, 1.807) is 11.3 Å². The zero-order valence-electron chi connectivity index (χ0n) is 12.8. The van der Waals surface area contributed by atoms with Gasteiger partial charge in [0.25, 0.3) is 0 Å². The number of piperazine rings is 1. The molecular formula is C17H22N2O2S. The molecule has 2 heterocycles. The number of benzene rings is 1. The van der Waals surface area contributed by atoms with Crippen LogP contribution in [0.3, 0.4) is 0 Å². The van der Waals surface area contributed by atoms with E-state index in [1.807, 2.05) is 25.1 Å². The maximum atomic E-state index is 10.7. The van der Waals surface area contributed by atoms with Gasteiger partial charge in [0.05, 0.1) is 12.6 Å². The van der Waals surface area contributed by atoms with Gasteiger partial charge in [0.2, 0.25) is 0 Å². The summed E-state index contributed by atoms with van der Waals surface area (Å²) in [5.41, 5.74) is 0.926. The Morgan fingerprint density at radius 3 is 2.77 bits per heavy atom. The van der Waals surface area contributed by atoms with Crippen LogP contribution in [0.15, 0.2) is 35.7 Å². The van der Waals surface area contributed by atoms with Gasteiger partial charge < -0.3 is 15.2 Å². The van der Waals surface area contributed by atoms with Crippen molar-refractivity contribution in [2.24, 2.45) is 0 Å². The molecule has 0 radical (unpaired) electrons. The first-order valence-corrected chi connectivity index (χ1v) is 8.62. The van der Waals surface area contributed by atoms with Gasteiger partial charge in [-0.25, -0.2) is 0 Å². The largest absolute Gasteiger partial charge is 0.504 e. The fraction of sp³-hybridized carbons (Fsp3) is 0.412. The molecule has 2 N–H and O–H groups in total. The van der Waals surface area contributed by atoms with Gasteiger partial charge in [-0.05, 0) is 24.4 Å². The molecule has 1 aromatic heterocycles. The maximum Gasteiger partial charge on any atom is 0.162 e. The Morgan fingerprint density at radius 2 is 2.09 bits per heavy atom. The van der Waals surface area contributed by atoms with E-state index in [0.717, 1.165) is 31.7 Å². The van der Waals surface area contributed by atoms with Crippen LogP contribution in [-0.2, 0) is 0 Å². The average Bonchev–Trinajstić information content (AvgIpc) is 3.06. The molecule has 4 nitrogen and oxygen atoms in total. The lowest BCUT2D eigenvalue weighted by atomic mass is 10.0. The first-order chi connectivity index (χ1) is 10.8. The van der Waals surface area contributed by atoms with Crippen LogP contribution >= 0.6 is 11.3 Å². The predicted molar refractivity (Wildman–Crippen MR) is 89.9 cm³/mol. The van der Waals surface area contributed by atoms with Crippen LogP contribution < -0.4 is 10.1 Å². The number of phenols is 1. The molecule has 1 saturated heterocycles. The molecule has 3 rings (SSSR count). The lowest BCUT2D eigenvalue weighted by Gasteiger charge is -2.35. The molecular weight excluding hydrogens is 296 g/mol.